The lowest BCUT2D eigenvalue weighted by atomic mass is 9.99. The average Bonchev–Trinajstić information content (AvgIpc) is 2.88. The monoisotopic (exact) mass is 484 g/mol. The number of rotatable bonds is 8. The minimum atomic E-state index is -2.85. The second-order valence-electron chi connectivity index (χ2n) is 8.55. The zero-order valence-corrected chi connectivity index (χ0v) is 20.1. The molecule has 36 heavy (non-hydrogen) atoms. The van der Waals surface area contributed by atoms with Crippen LogP contribution in [-0.2, 0) is 19.3 Å². The molecule has 0 aliphatic rings. The molecule has 0 saturated carbocycles. The molecule has 0 N–H and O–H groups in total. The summed E-state index contributed by atoms with van der Waals surface area (Å²) in [7, 11) is 0. The van der Waals surface area contributed by atoms with Crippen LogP contribution in [0.15, 0.2) is 91.0 Å². The second kappa shape index (κ2) is 12.1. The molecule has 4 aromatic carbocycles. The van der Waals surface area contributed by atoms with E-state index >= 15 is 4.39 Å². The summed E-state index contributed by atoms with van der Waals surface area (Å²) in [5.74, 6) is 6.25. The standard InChI is InChI=1S/C32H27F3O/c1-2-3-4-5-23-6-8-24(9-7-23)10-11-26-15-21-30-28(22-26)18-17-27(31(30)33)16-12-25-13-19-29(20-14-25)36-32(34)35/h2-3,6-9,13-15,17-22,32H,4-5,12,16H2,1H3/b3-2+. The lowest BCUT2D eigenvalue weighted by molar-refractivity contribution is -0.0498. The van der Waals surface area contributed by atoms with Crippen molar-refractivity contribution in [1.82, 2.24) is 0 Å². The van der Waals surface area contributed by atoms with Gasteiger partial charge in [0.05, 0.1) is 0 Å². The summed E-state index contributed by atoms with van der Waals surface area (Å²) in [5.41, 5.74) is 4.60. The SMILES string of the molecule is C/C=C/CCc1ccc(C#Cc2ccc3c(F)c(CCc4ccc(OC(F)F)cc4)ccc3c2)cc1. The normalized spacial score (nSPS) is 11.1. The zero-order valence-electron chi connectivity index (χ0n) is 20.1. The summed E-state index contributed by atoms with van der Waals surface area (Å²) in [5, 5.41) is 1.36. The molecule has 0 aliphatic carbocycles. The van der Waals surface area contributed by atoms with E-state index in [1.54, 1.807) is 24.3 Å². The van der Waals surface area contributed by atoms with Crippen molar-refractivity contribution in [2.75, 3.05) is 0 Å². The number of aryl methyl sites for hydroxylation is 3. The minimum absolute atomic E-state index is 0.113. The molecule has 4 rings (SSSR count). The summed E-state index contributed by atoms with van der Waals surface area (Å²) >= 11 is 0. The van der Waals surface area contributed by atoms with Crippen LogP contribution in [0.5, 0.6) is 5.75 Å². The van der Waals surface area contributed by atoms with Crippen LogP contribution in [0, 0.1) is 17.7 Å². The highest BCUT2D eigenvalue weighted by molar-refractivity contribution is 5.85. The molecule has 0 bridgehead atoms. The number of hydrogen-bond donors (Lipinski definition) is 0. The maximum absolute atomic E-state index is 15.2. The highest BCUT2D eigenvalue weighted by Crippen LogP contribution is 2.24. The lowest BCUT2D eigenvalue weighted by Crippen LogP contribution is -2.02. The summed E-state index contributed by atoms with van der Waals surface area (Å²) in [6, 6.07) is 24.0. The van der Waals surface area contributed by atoms with Crippen LogP contribution in [0.4, 0.5) is 13.2 Å². The molecule has 0 aliphatic heterocycles. The predicted molar refractivity (Wildman–Crippen MR) is 140 cm³/mol. The van der Waals surface area contributed by atoms with E-state index in [1.165, 1.54) is 17.7 Å². The van der Waals surface area contributed by atoms with E-state index in [-0.39, 0.29) is 11.6 Å². The Labute approximate surface area is 210 Å². The Morgan fingerprint density at radius 3 is 2.17 bits per heavy atom. The molecule has 182 valence electrons. The van der Waals surface area contributed by atoms with E-state index in [2.05, 4.69) is 40.9 Å². The van der Waals surface area contributed by atoms with Crippen molar-refractivity contribution in [3.63, 3.8) is 0 Å². The van der Waals surface area contributed by atoms with E-state index in [1.807, 2.05) is 37.3 Å². The van der Waals surface area contributed by atoms with Gasteiger partial charge in [0, 0.05) is 16.5 Å². The molecule has 0 radical (unpaired) electrons. The second-order valence-corrected chi connectivity index (χ2v) is 8.55. The molecule has 0 fully saturated rings. The van der Waals surface area contributed by atoms with Gasteiger partial charge in [0.15, 0.2) is 0 Å². The maximum atomic E-state index is 15.2. The van der Waals surface area contributed by atoms with Crippen LogP contribution in [0.1, 0.15) is 41.2 Å². The van der Waals surface area contributed by atoms with Crippen molar-refractivity contribution in [2.45, 2.75) is 39.2 Å². The van der Waals surface area contributed by atoms with Crippen LogP contribution in [0.3, 0.4) is 0 Å². The minimum Gasteiger partial charge on any atom is -0.435 e. The first kappa shape index (κ1) is 25.1. The quantitative estimate of drug-likeness (QED) is 0.181. The van der Waals surface area contributed by atoms with Crippen LogP contribution >= 0.6 is 0 Å². The van der Waals surface area contributed by atoms with E-state index in [0.29, 0.717) is 23.8 Å². The van der Waals surface area contributed by atoms with Crippen LogP contribution < -0.4 is 4.74 Å². The van der Waals surface area contributed by atoms with Gasteiger partial charge in [-0.3, -0.25) is 0 Å². The van der Waals surface area contributed by atoms with Crippen molar-refractivity contribution in [1.29, 1.82) is 0 Å². The number of allylic oxidation sites excluding steroid dienone is 2. The molecule has 0 heterocycles. The summed E-state index contributed by atoms with van der Waals surface area (Å²) < 4.78 is 44.1. The predicted octanol–water partition coefficient (Wildman–Crippen LogP) is 8.27. The van der Waals surface area contributed by atoms with Gasteiger partial charge >= 0.3 is 6.61 Å². The van der Waals surface area contributed by atoms with Crippen LogP contribution in [0.25, 0.3) is 10.8 Å². The molecule has 0 atom stereocenters. The van der Waals surface area contributed by atoms with E-state index in [4.69, 9.17) is 0 Å². The highest BCUT2D eigenvalue weighted by atomic mass is 19.3. The summed E-state index contributed by atoms with van der Waals surface area (Å²) in [6.07, 6.45) is 7.36. The largest absolute Gasteiger partial charge is 0.435 e. The molecule has 0 spiro atoms. The van der Waals surface area contributed by atoms with Gasteiger partial charge in [0.2, 0.25) is 0 Å². The van der Waals surface area contributed by atoms with E-state index < -0.39 is 6.61 Å². The molecule has 0 amide bonds. The summed E-state index contributed by atoms with van der Waals surface area (Å²) in [6.45, 7) is -0.821. The number of ether oxygens (including phenoxy) is 1. The van der Waals surface area contributed by atoms with Crippen molar-refractivity contribution in [3.05, 3.63) is 125 Å². The number of fused-ring (bicyclic) bond motifs is 1. The Bertz CT molecular complexity index is 1390. The Kier molecular flexibility index (Phi) is 8.47. The van der Waals surface area contributed by atoms with Gasteiger partial charge in [0.25, 0.3) is 0 Å². The first-order valence-electron chi connectivity index (χ1n) is 12.0. The van der Waals surface area contributed by atoms with E-state index in [0.717, 1.165) is 34.9 Å². The van der Waals surface area contributed by atoms with Gasteiger partial charge in [-0.1, -0.05) is 66.5 Å². The summed E-state index contributed by atoms with van der Waals surface area (Å²) in [4.78, 5) is 0. The fourth-order valence-electron chi connectivity index (χ4n) is 4.04. The van der Waals surface area contributed by atoms with Gasteiger partial charge in [-0.2, -0.15) is 8.78 Å². The first-order valence-corrected chi connectivity index (χ1v) is 12.0. The van der Waals surface area contributed by atoms with Crippen molar-refractivity contribution in [3.8, 4) is 17.6 Å². The maximum Gasteiger partial charge on any atom is 0.387 e. The third-order valence-corrected chi connectivity index (χ3v) is 6.01. The van der Waals surface area contributed by atoms with E-state index in [9.17, 15) is 8.78 Å². The van der Waals surface area contributed by atoms with Gasteiger partial charge in [-0.05, 0) is 91.1 Å². The molecular weight excluding hydrogens is 457 g/mol. The molecule has 4 heteroatoms. The topological polar surface area (TPSA) is 9.23 Å². The molecule has 1 nitrogen and oxygen atoms in total. The van der Waals surface area contributed by atoms with Gasteiger partial charge in [-0.25, -0.2) is 4.39 Å². The third kappa shape index (κ3) is 6.79. The van der Waals surface area contributed by atoms with Gasteiger partial charge in [-0.15, -0.1) is 0 Å². The highest BCUT2D eigenvalue weighted by Gasteiger charge is 2.09. The number of halogens is 3. The fraction of sp³-hybridized carbons (Fsp3) is 0.188. The molecule has 0 aromatic heterocycles. The fourth-order valence-corrected chi connectivity index (χ4v) is 4.04. The Morgan fingerprint density at radius 1 is 0.778 bits per heavy atom. The molecule has 0 unspecified atom stereocenters. The Hall–Kier alpha value is -3.97. The van der Waals surface area contributed by atoms with Crippen molar-refractivity contribution in [2.24, 2.45) is 0 Å². The zero-order chi connectivity index (χ0) is 25.3. The van der Waals surface area contributed by atoms with Gasteiger partial charge in [0.1, 0.15) is 11.6 Å². The van der Waals surface area contributed by atoms with Crippen molar-refractivity contribution < 1.29 is 17.9 Å². The number of alkyl halides is 2. The van der Waals surface area contributed by atoms with Crippen LogP contribution in [-0.4, -0.2) is 6.61 Å². The number of benzene rings is 4. The smallest absolute Gasteiger partial charge is 0.387 e. The molecule has 0 saturated heterocycles. The first-order chi connectivity index (χ1) is 17.5. The molecule has 4 aromatic rings. The van der Waals surface area contributed by atoms with Gasteiger partial charge < -0.3 is 4.74 Å². The molecular formula is C32H27F3O. The Balaban J connectivity index is 1.42. The Morgan fingerprint density at radius 2 is 1.44 bits per heavy atom. The number of hydrogen-bond acceptors (Lipinski definition) is 1. The third-order valence-electron chi connectivity index (χ3n) is 6.01. The van der Waals surface area contributed by atoms with Crippen LogP contribution in [0.2, 0.25) is 0 Å². The van der Waals surface area contributed by atoms with Crippen molar-refractivity contribution >= 4 is 10.8 Å². The average molecular weight is 485 g/mol. The lowest BCUT2D eigenvalue weighted by Gasteiger charge is -2.08.